The lowest BCUT2D eigenvalue weighted by Gasteiger charge is -2.04. The van der Waals surface area contributed by atoms with Crippen LogP contribution in [0.1, 0.15) is 0 Å². The summed E-state index contributed by atoms with van der Waals surface area (Å²) in [4.78, 5) is 4.12. The molecule has 1 aromatic carbocycles. The van der Waals surface area contributed by atoms with Gasteiger partial charge in [-0.15, -0.1) is 0 Å². The summed E-state index contributed by atoms with van der Waals surface area (Å²) in [5.74, 6) is 0. The Hall–Kier alpha value is -1.48. The third-order valence-corrected chi connectivity index (χ3v) is 2.14. The van der Waals surface area contributed by atoms with E-state index in [2.05, 4.69) is 4.98 Å². The number of halogens is 1. The van der Waals surface area contributed by atoms with Crippen LogP contribution in [0.5, 0.6) is 0 Å². The van der Waals surface area contributed by atoms with E-state index in [1.165, 1.54) is 0 Å². The van der Waals surface area contributed by atoms with Gasteiger partial charge in [0.1, 0.15) is 0 Å². The van der Waals surface area contributed by atoms with Crippen molar-refractivity contribution in [2.45, 2.75) is 0 Å². The average molecular weight is 194 g/mol. The lowest BCUT2D eigenvalue weighted by molar-refractivity contribution is 1.41. The number of pyridine rings is 1. The Labute approximate surface area is 80.3 Å². The van der Waals surface area contributed by atoms with Gasteiger partial charge in [-0.25, -0.2) is 0 Å². The zero-order valence-corrected chi connectivity index (χ0v) is 7.55. The van der Waals surface area contributed by atoms with Gasteiger partial charge in [-0.3, -0.25) is 4.98 Å². The highest BCUT2D eigenvalue weighted by atomic mass is 35.5. The number of nitrogens with zero attached hydrogens (tertiary/aromatic N) is 1. The molecular formula is C9H8ClN3. The van der Waals surface area contributed by atoms with Gasteiger partial charge in [-0.05, 0) is 18.2 Å². The SMILES string of the molecule is Nc1cnc2ccc(Cl)cc2c1N. The van der Waals surface area contributed by atoms with E-state index in [0.29, 0.717) is 16.4 Å². The van der Waals surface area contributed by atoms with Gasteiger partial charge in [0.05, 0.1) is 23.1 Å². The van der Waals surface area contributed by atoms with Crippen LogP contribution in [0, 0.1) is 0 Å². The molecule has 3 nitrogen and oxygen atoms in total. The van der Waals surface area contributed by atoms with E-state index >= 15 is 0 Å². The summed E-state index contributed by atoms with van der Waals surface area (Å²) in [6.45, 7) is 0. The molecule has 0 aliphatic rings. The number of aromatic nitrogens is 1. The highest BCUT2D eigenvalue weighted by molar-refractivity contribution is 6.31. The molecule has 0 spiro atoms. The maximum absolute atomic E-state index is 5.82. The number of hydrogen-bond acceptors (Lipinski definition) is 3. The molecule has 4 N–H and O–H groups in total. The molecule has 0 amide bonds. The van der Waals surface area contributed by atoms with Crippen molar-refractivity contribution in [3.8, 4) is 0 Å². The minimum absolute atomic E-state index is 0.481. The van der Waals surface area contributed by atoms with Crippen molar-refractivity contribution in [2.75, 3.05) is 11.5 Å². The van der Waals surface area contributed by atoms with Gasteiger partial charge in [0.25, 0.3) is 0 Å². The van der Waals surface area contributed by atoms with Gasteiger partial charge in [-0.1, -0.05) is 11.6 Å². The van der Waals surface area contributed by atoms with E-state index in [9.17, 15) is 0 Å². The maximum atomic E-state index is 5.82. The summed E-state index contributed by atoms with van der Waals surface area (Å²) < 4.78 is 0. The van der Waals surface area contributed by atoms with Crippen molar-refractivity contribution in [2.24, 2.45) is 0 Å². The van der Waals surface area contributed by atoms with Crippen LogP contribution in [0.25, 0.3) is 10.9 Å². The van der Waals surface area contributed by atoms with E-state index in [4.69, 9.17) is 23.1 Å². The Balaban J connectivity index is 2.89. The first-order chi connectivity index (χ1) is 6.18. The summed E-state index contributed by atoms with van der Waals surface area (Å²) in [6.07, 6.45) is 1.55. The van der Waals surface area contributed by atoms with Crippen molar-refractivity contribution in [3.05, 3.63) is 29.4 Å². The third kappa shape index (κ3) is 1.27. The summed E-state index contributed by atoms with van der Waals surface area (Å²) in [7, 11) is 0. The van der Waals surface area contributed by atoms with Crippen LogP contribution in [0.3, 0.4) is 0 Å². The fourth-order valence-corrected chi connectivity index (χ4v) is 1.37. The second-order valence-electron chi connectivity index (χ2n) is 2.79. The van der Waals surface area contributed by atoms with Crippen LogP contribution in [0.2, 0.25) is 5.02 Å². The van der Waals surface area contributed by atoms with Crippen LogP contribution >= 0.6 is 11.6 Å². The van der Waals surface area contributed by atoms with Crippen molar-refractivity contribution >= 4 is 33.9 Å². The molecule has 2 rings (SSSR count). The molecule has 4 heteroatoms. The zero-order valence-electron chi connectivity index (χ0n) is 6.79. The number of rotatable bonds is 0. The number of fused-ring (bicyclic) bond motifs is 1. The fraction of sp³-hybridized carbons (Fsp3) is 0. The van der Waals surface area contributed by atoms with Gasteiger partial charge in [0.15, 0.2) is 0 Å². The second-order valence-corrected chi connectivity index (χ2v) is 3.23. The summed E-state index contributed by atoms with van der Waals surface area (Å²) >= 11 is 5.82. The molecule has 0 aliphatic heterocycles. The van der Waals surface area contributed by atoms with Gasteiger partial charge >= 0.3 is 0 Å². The third-order valence-electron chi connectivity index (χ3n) is 1.90. The standard InChI is InChI=1S/C9H8ClN3/c10-5-1-2-8-6(3-5)9(12)7(11)4-13-8/h1-4H,11H2,(H2,12,13). The first-order valence-electron chi connectivity index (χ1n) is 3.77. The molecule has 0 saturated heterocycles. The lowest BCUT2D eigenvalue weighted by atomic mass is 10.2. The zero-order chi connectivity index (χ0) is 9.42. The highest BCUT2D eigenvalue weighted by Gasteiger charge is 2.02. The Morgan fingerprint density at radius 2 is 2.00 bits per heavy atom. The number of benzene rings is 1. The van der Waals surface area contributed by atoms with E-state index in [1.807, 2.05) is 6.07 Å². The van der Waals surface area contributed by atoms with E-state index in [0.717, 1.165) is 10.9 Å². The Morgan fingerprint density at radius 1 is 1.23 bits per heavy atom. The van der Waals surface area contributed by atoms with E-state index in [1.54, 1.807) is 18.3 Å². The molecule has 0 saturated carbocycles. The largest absolute Gasteiger partial charge is 0.396 e. The Morgan fingerprint density at radius 3 is 2.77 bits per heavy atom. The predicted octanol–water partition coefficient (Wildman–Crippen LogP) is 2.05. The van der Waals surface area contributed by atoms with Crippen LogP contribution in [0.15, 0.2) is 24.4 Å². The normalized spacial score (nSPS) is 10.5. The van der Waals surface area contributed by atoms with E-state index < -0.39 is 0 Å². The highest BCUT2D eigenvalue weighted by Crippen LogP contribution is 2.26. The van der Waals surface area contributed by atoms with Crippen LogP contribution in [0.4, 0.5) is 11.4 Å². The molecule has 0 radical (unpaired) electrons. The number of nitrogens with two attached hydrogens (primary N) is 2. The molecule has 2 aromatic rings. The van der Waals surface area contributed by atoms with Crippen LogP contribution < -0.4 is 11.5 Å². The Bertz CT molecular complexity index is 462. The molecule has 0 atom stereocenters. The van der Waals surface area contributed by atoms with Crippen molar-refractivity contribution in [1.82, 2.24) is 4.98 Å². The van der Waals surface area contributed by atoms with E-state index in [-0.39, 0.29) is 0 Å². The van der Waals surface area contributed by atoms with Gasteiger partial charge in [0.2, 0.25) is 0 Å². The topological polar surface area (TPSA) is 64.9 Å². The number of hydrogen-bond donors (Lipinski definition) is 2. The molecular weight excluding hydrogens is 186 g/mol. The van der Waals surface area contributed by atoms with Gasteiger partial charge in [0, 0.05) is 10.4 Å². The first kappa shape index (κ1) is 8.13. The van der Waals surface area contributed by atoms with Crippen molar-refractivity contribution in [1.29, 1.82) is 0 Å². The first-order valence-corrected chi connectivity index (χ1v) is 4.15. The molecule has 1 aromatic heterocycles. The molecule has 1 heterocycles. The summed E-state index contributed by atoms with van der Waals surface area (Å²) in [5, 5.41) is 1.43. The van der Waals surface area contributed by atoms with Crippen LogP contribution in [-0.2, 0) is 0 Å². The molecule has 0 fully saturated rings. The van der Waals surface area contributed by atoms with Gasteiger partial charge in [-0.2, -0.15) is 0 Å². The smallest absolute Gasteiger partial charge is 0.0740 e. The fourth-order valence-electron chi connectivity index (χ4n) is 1.20. The lowest BCUT2D eigenvalue weighted by Crippen LogP contribution is -1.96. The maximum Gasteiger partial charge on any atom is 0.0740 e. The molecule has 66 valence electrons. The Kier molecular flexibility index (Phi) is 1.74. The summed E-state index contributed by atoms with van der Waals surface area (Å²) in [5.41, 5.74) is 13.2. The minimum Gasteiger partial charge on any atom is -0.396 e. The quantitative estimate of drug-likeness (QED) is 0.673. The van der Waals surface area contributed by atoms with Gasteiger partial charge < -0.3 is 11.5 Å². The molecule has 0 aliphatic carbocycles. The second kappa shape index (κ2) is 2.78. The summed E-state index contributed by atoms with van der Waals surface area (Å²) in [6, 6.07) is 5.34. The molecule has 0 bridgehead atoms. The molecule has 13 heavy (non-hydrogen) atoms. The predicted molar refractivity (Wildman–Crippen MR) is 55.6 cm³/mol. The van der Waals surface area contributed by atoms with Crippen molar-refractivity contribution in [3.63, 3.8) is 0 Å². The van der Waals surface area contributed by atoms with Crippen molar-refractivity contribution < 1.29 is 0 Å². The minimum atomic E-state index is 0.481. The van der Waals surface area contributed by atoms with Crippen LogP contribution in [-0.4, -0.2) is 4.98 Å². The molecule has 0 unspecified atom stereocenters. The average Bonchev–Trinajstić information content (AvgIpc) is 2.12. The number of anilines is 2. The number of nitrogen functional groups attached to an aromatic ring is 2. The monoisotopic (exact) mass is 193 g/mol.